The molecular weight excluding hydrogens is 274 g/mol. The second-order valence-electron chi connectivity index (χ2n) is 5.71. The van der Waals surface area contributed by atoms with E-state index in [0.717, 1.165) is 12.5 Å². The van der Waals surface area contributed by atoms with Gasteiger partial charge in [0, 0.05) is 18.6 Å². The summed E-state index contributed by atoms with van der Waals surface area (Å²) in [7, 11) is 0. The van der Waals surface area contributed by atoms with E-state index in [1.807, 2.05) is 13.8 Å². The lowest BCUT2D eigenvalue weighted by Crippen LogP contribution is -2.20. The molecule has 116 valence electrons. The number of non-ortho nitro benzene ring substituents is 1. The third-order valence-electron chi connectivity index (χ3n) is 3.31. The van der Waals surface area contributed by atoms with Crippen LogP contribution < -0.4 is 11.1 Å². The summed E-state index contributed by atoms with van der Waals surface area (Å²) in [5.74, 6) is -0.494. The van der Waals surface area contributed by atoms with Gasteiger partial charge in [-0.25, -0.2) is 0 Å². The van der Waals surface area contributed by atoms with Gasteiger partial charge < -0.3 is 16.2 Å². The molecule has 21 heavy (non-hydrogen) atoms. The zero-order valence-electron chi connectivity index (χ0n) is 12.3. The van der Waals surface area contributed by atoms with E-state index in [1.165, 1.54) is 12.1 Å². The lowest BCUT2D eigenvalue weighted by atomic mass is 9.84. The molecule has 0 radical (unpaired) electrons. The van der Waals surface area contributed by atoms with Gasteiger partial charge in [-0.2, -0.15) is 0 Å². The highest BCUT2D eigenvalue weighted by atomic mass is 16.6. The van der Waals surface area contributed by atoms with Gasteiger partial charge in [-0.15, -0.1) is 0 Å². The number of nitrogens with zero attached hydrogens (tertiary/aromatic N) is 1. The van der Waals surface area contributed by atoms with Crippen molar-refractivity contribution in [3.63, 3.8) is 0 Å². The van der Waals surface area contributed by atoms with E-state index in [0.29, 0.717) is 13.0 Å². The van der Waals surface area contributed by atoms with Crippen molar-refractivity contribution < 1.29 is 14.8 Å². The maximum absolute atomic E-state index is 11.9. The molecule has 0 heterocycles. The summed E-state index contributed by atoms with van der Waals surface area (Å²) in [5, 5.41) is 22.8. The second-order valence-corrected chi connectivity index (χ2v) is 5.71. The average molecular weight is 295 g/mol. The van der Waals surface area contributed by atoms with Gasteiger partial charge in [0.2, 0.25) is 5.91 Å². The van der Waals surface area contributed by atoms with Crippen molar-refractivity contribution in [2.45, 2.75) is 33.1 Å². The summed E-state index contributed by atoms with van der Waals surface area (Å²) >= 11 is 0. The molecule has 0 aliphatic heterocycles. The first-order chi connectivity index (χ1) is 9.75. The minimum absolute atomic E-state index is 0.0448. The Morgan fingerprint density at radius 1 is 1.43 bits per heavy atom. The Balaban J connectivity index is 2.67. The topological polar surface area (TPSA) is 118 Å². The lowest BCUT2D eigenvalue weighted by Gasteiger charge is -2.23. The number of nitrogens with two attached hydrogens (primary N) is 1. The molecular formula is C14H21N3O4. The van der Waals surface area contributed by atoms with Gasteiger partial charge in [0.15, 0.2) is 0 Å². The summed E-state index contributed by atoms with van der Waals surface area (Å²) in [4.78, 5) is 22.0. The SMILES string of the molecule is CC(C)(CCN)CCC(=O)Nc1cc([N+](=O)[O-])ccc1O. The van der Waals surface area contributed by atoms with Crippen molar-refractivity contribution in [3.05, 3.63) is 28.3 Å². The van der Waals surface area contributed by atoms with E-state index in [2.05, 4.69) is 5.32 Å². The quantitative estimate of drug-likeness (QED) is 0.405. The Labute approximate surface area is 123 Å². The molecule has 1 amide bonds. The molecule has 4 N–H and O–H groups in total. The normalized spacial score (nSPS) is 11.2. The van der Waals surface area contributed by atoms with E-state index in [9.17, 15) is 20.0 Å². The van der Waals surface area contributed by atoms with Crippen LogP contribution in [0.2, 0.25) is 0 Å². The minimum atomic E-state index is -0.584. The molecule has 0 saturated heterocycles. The number of amides is 1. The van der Waals surface area contributed by atoms with Crippen LogP contribution in [0.25, 0.3) is 0 Å². The van der Waals surface area contributed by atoms with Gasteiger partial charge in [-0.05, 0) is 30.9 Å². The largest absolute Gasteiger partial charge is 0.506 e. The minimum Gasteiger partial charge on any atom is -0.506 e. The van der Waals surface area contributed by atoms with Gasteiger partial charge in [0.1, 0.15) is 5.75 Å². The van der Waals surface area contributed by atoms with Gasteiger partial charge in [-0.1, -0.05) is 13.8 Å². The standard InChI is InChI=1S/C14H21N3O4/c1-14(2,7-8-15)6-5-13(19)16-11-9-10(17(20)21)3-4-12(11)18/h3-4,9,18H,5-8,15H2,1-2H3,(H,16,19). The first-order valence-electron chi connectivity index (χ1n) is 6.72. The molecule has 0 aliphatic rings. The van der Waals surface area contributed by atoms with Crippen LogP contribution in [0, 0.1) is 15.5 Å². The maximum Gasteiger partial charge on any atom is 0.271 e. The highest BCUT2D eigenvalue weighted by molar-refractivity contribution is 5.92. The Morgan fingerprint density at radius 3 is 2.67 bits per heavy atom. The number of rotatable bonds is 7. The number of phenolic OH excluding ortho intramolecular Hbond substituents is 1. The molecule has 1 aromatic rings. The number of nitro benzene ring substituents is 1. The number of hydrogen-bond acceptors (Lipinski definition) is 5. The van der Waals surface area contributed by atoms with Crippen LogP contribution in [-0.2, 0) is 4.79 Å². The number of nitro groups is 1. The second kappa shape index (κ2) is 7.03. The van der Waals surface area contributed by atoms with E-state index >= 15 is 0 Å². The van der Waals surface area contributed by atoms with Crippen molar-refractivity contribution in [2.24, 2.45) is 11.1 Å². The van der Waals surface area contributed by atoms with E-state index in [-0.39, 0.29) is 34.9 Å². The fourth-order valence-electron chi connectivity index (χ4n) is 1.92. The fourth-order valence-corrected chi connectivity index (χ4v) is 1.92. The summed E-state index contributed by atoms with van der Waals surface area (Å²) in [5.41, 5.74) is 5.33. The predicted octanol–water partition coefficient (Wildman–Crippen LogP) is 2.39. The Bertz CT molecular complexity index is 529. The number of anilines is 1. The molecule has 0 unspecified atom stereocenters. The van der Waals surface area contributed by atoms with E-state index in [4.69, 9.17) is 5.73 Å². The summed E-state index contributed by atoms with van der Waals surface area (Å²) in [6, 6.07) is 3.50. The number of phenols is 1. The van der Waals surface area contributed by atoms with Crippen LogP contribution in [0.1, 0.15) is 33.1 Å². The average Bonchev–Trinajstić information content (AvgIpc) is 2.39. The molecule has 0 atom stereocenters. The number of carbonyl (C=O) groups is 1. The number of carbonyl (C=O) groups excluding carboxylic acids is 1. The van der Waals surface area contributed by atoms with E-state index < -0.39 is 4.92 Å². The molecule has 0 spiro atoms. The van der Waals surface area contributed by atoms with Crippen LogP contribution in [0.4, 0.5) is 11.4 Å². The van der Waals surface area contributed by atoms with Crippen molar-refractivity contribution in [1.29, 1.82) is 0 Å². The smallest absolute Gasteiger partial charge is 0.271 e. The highest BCUT2D eigenvalue weighted by Gasteiger charge is 2.19. The molecule has 0 aliphatic carbocycles. The Kier molecular flexibility index (Phi) is 5.66. The zero-order chi connectivity index (χ0) is 16.0. The number of hydrogen-bond donors (Lipinski definition) is 3. The number of aromatic hydroxyl groups is 1. The van der Waals surface area contributed by atoms with Crippen molar-refractivity contribution >= 4 is 17.3 Å². The molecule has 0 saturated carbocycles. The third-order valence-corrected chi connectivity index (χ3v) is 3.31. The first-order valence-corrected chi connectivity index (χ1v) is 6.72. The van der Waals surface area contributed by atoms with Crippen LogP contribution >= 0.6 is 0 Å². The monoisotopic (exact) mass is 295 g/mol. The summed E-state index contributed by atoms with van der Waals surface area (Å²) in [6.07, 6.45) is 1.71. The molecule has 0 aromatic heterocycles. The lowest BCUT2D eigenvalue weighted by molar-refractivity contribution is -0.384. The van der Waals surface area contributed by atoms with Gasteiger partial charge in [0.05, 0.1) is 10.6 Å². The van der Waals surface area contributed by atoms with Crippen molar-refractivity contribution in [2.75, 3.05) is 11.9 Å². The number of benzene rings is 1. The van der Waals surface area contributed by atoms with Crippen LogP contribution in [0.3, 0.4) is 0 Å². The van der Waals surface area contributed by atoms with Crippen LogP contribution in [0.15, 0.2) is 18.2 Å². The number of nitrogens with one attached hydrogen (secondary N) is 1. The summed E-state index contributed by atoms with van der Waals surface area (Å²) in [6.45, 7) is 4.61. The van der Waals surface area contributed by atoms with Gasteiger partial charge in [0.25, 0.3) is 5.69 Å². The molecule has 7 nitrogen and oxygen atoms in total. The van der Waals surface area contributed by atoms with Crippen molar-refractivity contribution in [1.82, 2.24) is 0 Å². The predicted molar refractivity (Wildman–Crippen MR) is 80.1 cm³/mol. The zero-order valence-corrected chi connectivity index (χ0v) is 12.3. The molecule has 7 heteroatoms. The Morgan fingerprint density at radius 2 is 2.10 bits per heavy atom. The van der Waals surface area contributed by atoms with Gasteiger partial charge in [-0.3, -0.25) is 14.9 Å². The van der Waals surface area contributed by atoms with Crippen LogP contribution in [0.5, 0.6) is 5.75 Å². The van der Waals surface area contributed by atoms with Crippen molar-refractivity contribution in [3.8, 4) is 5.75 Å². The molecule has 1 aromatic carbocycles. The Hall–Kier alpha value is -2.15. The summed E-state index contributed by atoms with van der Waals surface area (Å²) < 4.78 is 0. The molecule has 1 rings (SSSR count). The molecule has 0 bridgehead atoms. The van der Waals surface area contributed by atoms with Crippen LogP contribution in [-0.4, -0.2) is 22.5 Å². The first kappa shape index (κ1) is 16.9. The highest BCUT2D eigenvalue weighted by Crippen LogP contribution is 2.29. The maximum atomic E-state index is 11.9. The molecule has 0 fully saturated rings. The van der Waals surface area contributed by atoms with Gasteiger partial charge >= 0.3 is 0 Å². The fraction of sp³-hybridized carbons (Fsp3) is 0.500. The third kappa shape index (κ3) is 5.39. The van der Waals surface area contributed by atoms with E-state index in [1.54, 1.807) is 0 Å².